The number of furan rings is 1. The van der Waals surface area contributed by atoms with E-state index in [4.69, 9.17) is 20.8 Å². The number of para-hydroxylation sites is 1. The zero-order chi connectivity index (χ0) is 17.9. The lowest BCUT2D eigenvalue weighted by Crippen LogP contribution is -2.40. The molecule has 0 bridgehead atoms. The van der Waals surface area contributed by atoms with Crippen LogP contribution in [0, 0.1) is 0 Å². The van der Waals surface area contributed by atoms with Gasteiger partial charge in [0.05, 0.1) is 6.54 Å². The molecule has 0 fully saturated rings. The predicted octanol–water partition coefficient (Wildman–Crippen LogP) is 3.49. The van der Waals surface area contributed by atoms with Crippen molar-refractivity contribution in [1.82, 2.24) is 5.32 Å². The number of aliphatic hydroxyl groups is 1. The first-order valence-corrected chi connectivity index (χ1v) is 8.18. The first kappa shape index (κ1) is 17.3. The van der Waals surface area contributed by atoms with Gasteiger partial charge in [-0.15, -0.1) is 0 Å². The number of carbonyl (C=O) groups excluding carboxylic acids is 1. The number of fused-ring (bicyclic) bond motifs is 1. The van der Waals surface area contributed by atoms with E-state index < -0.39 is 5.60 Å². The number of carbonyl (C=O) groups is 1. The molecule has 1 unspecified atom stereocenters. The predicted molar refractivity (Wildman–Crippen MR) is 95.7 cm³/mol. The van der Waals surface area contributed by atoms with E-state index in [2.05, 4.69) is 5.32 Å². The van der Waals surface area contributed by atoms with E-state index in [0.29, 0.717) is 22.1 Å². The first-order chi connectivity index (χ1) is 11.9. The van der Waals surface area contributed by atoms with Crippen LogP contribution in [0.15, 0.2) is 59.0 Å². The normalized spacial score (nSPS) is 13.4. The molecule has 0 aliphatic rings. The highest BCUT2D eigenvalue weighted by Gasteiger charge is 2.28. The Bertz CT molecular complexity index is 838. The summed E-state index contributed by atoms with van der Waals surface area (Å²) in [5, 5.41) is 14.7. The van der Waals surface area contributed by atoms with Crippen LogP contribution in [0.1, 0.15) is 12.7 Å². The largest absolute Gasteiger partial charge is 0.484 e. The van der Waals surface area contributed by atoms with Crippen LogP contribution in [0.3, 0.4) is 0 Å². The molecule has 25 heavy (non-hydrogen) atoms. The fourth-order valence-electron chi connectivity index (χ4n) is 2.34. The molecule has 0 saturated carbocycles. The fourth-order valence-corrected chi connectivity index (χ4v) is 2.46. The van der Waals surface area contributed by atoms with Crippen molar-refractivity contribution < 1.29 is 19.1 Å². The van der Waals surface area contributed by atoms with Gasteiger partial charge in [-0.2, -0.15) is 0 Å². The molecule has 0 saturated heterocycles. The van der Waals surface area contributed by atoms with Gasteiger partial charge in [0.1, 0.15) is 22.7 Å². The molecule has 130 valence electrons. The third-order valence-corrected chi connectivity index (χ3v) is 4.02. The minimum absolute atomic E-state index is 0.00956. The smallest absolute Gasteiger partial charge is 0.258 e. The van der Waals surface area contributed by atoms with E-state index in [1.54, 1.807) is 37.3 Å². The van der Waals surface area contributed by atoms with Gasteiger partial charge in [0.2, 0.25) is 0 Å². The quantitative estimate of drug-likeness (QED) is 0.706. The fraction of sp³-hybridized carbons (Fsp3) is 0.211. The lowest BCUT2D eigenvalue weighted by Gasteiger charge is -2.21. The van der Waals surface area contributed by atoms with Crippen molar-refractivity contribution in [2.45, 2.75) is 12.5 Å². The number of hydrogen-bond donors (Lipinski definition) is 2. The molecular weight excluding hydrogens is 342 g/mol. The lowest BCUT2D eigenvalue weighted by molar-refractivity contribution is -0.124. The summed E-state index contributed by atoms with van der Waals surface area (Å²) in [6, 6.07) is 16.0. The van der Waals surface area contributed by atoms with Crippen molar-refractivity contribution >= 4 is 28.5 Å². The Morgan fingerprint density at radius 2 is 1.96 bits per heavy atom. The molecular formula is C19H18ClNO4. The second kappa shape index (κ2) is 7.17. The molecule has 1 atom stereocenters. The summed E-state index contributed by atoms with van der Waals surface area (Å²) in [4.78, 5) is 11.9. The average Bonchev–Trinajstić information content (AvgIpc) is 3.05. The molecule has 3 rings (SSSR count). The SMILES string of the molecule is CC(O)(CNC(=O)COc1ccc(Cl)cc1)c1cc2ccccc2o1. The molecule has 1 amide bonds. The number of halogens is 1. The van der Waals surface area contributed by atoms with Crippen LogP contribution in [-0.4, -0.2) is 24.2 Å². The molecule has 0 aliphatic carbocycles. The van der Waals surface area contributed by atoms with Crippen LogP contribution in [0.2, 0.25) is 5.02 Å². The third-order valence-electron chi connectivity index (χ3n) is 3.77. The summed E-state index contributed by atoms with van der Waals surface area (Å²) in [6.07, 6.45) is 0. The maximum Gasteiger partial charge on any atom is 0.258 e. The minimum Gasteiger partial charge on any atom is -0.484 e. The van der Waals surface area contributed by atoms with Gasteiger partial charge < -0.3 is 19.6 Å². The van der Waals surface area contributed by atoms with Gasteiger partial charge in [0.15, 0.2) is 6.61 Å². The zero-order valence-corrected chi connectivity index (χ0v) is 14.4. The Morgan fingerprint density at radius 1 is 1.24 bits per heavy atom. The van der Waals surface area contributed by atoms with Crippen LogP contribution >= 0.6 is 11.6 Å². The molecule has 3 aromatic rings. The van der Waals surface area contributed by atoms with Gasteiger partial charge in [0.25, 0.3) is 5.91 Å². The number of benzene rings is 2. The van der Waals surface area contributed by atoms with Crippen molar-refractivity contribution in [2.75, 3.05) is 13.2 Å². The second-order valence-electron chi connectivity index (χ2n) is 5.94. The van der Waals surface area contributed by atoms with Crippen molar-refractivity contribution in [2.24, 2.45) is 0 Å². The topological polar surface area (TPSA) is 71.7 Å². The van der Waals surface area contributed by atoms with E-state index in [1.807, 2.05) is 24.3 Å². The van der Waals surface area contributed by atoms with Gasteiger partial charge in [-0.05, 0) is 43.3 Å². The molecule has 2 aromatic carbocycles. The Hall–Kier alpha value is -2.50. The molecule has 2 N–H and O–H groups in total. The molecule has 0 radical (unpaired) electrons. The maximum absolute atomic E-state index is 11.9. The van der Waals surface area contributed by atoms with E-state index in [-0.39, 0.29) is 19.1 Å². The van der Waals surface area contributed by atoms with Gasteiger partial charge >= 0.3 is 0 Å². The van der Waals surface area contributed by atoms with Crippen LogP contribution in [-0.2, 0) is 10.4 Å². The molecule has 5 nitrogen and oxygen atoms in total. The molecule has 1 heterocycles. The van der Waals surface area contributed by atoms with E-state index in [0.717, 1.165) is 5.39 Å². The van der Waals surface area contributed by atoms with Crippen LogP contribution in [0.25, 0.3) is 11.0 Å². The summed E-state index contributed by atoms with van der Waals surface area (Å²) in [5.74, 6) is 0.600. The molecule has 6 heteroatoms. The van der Waals surface area contributed by atoms with Crippen molar-refractivity contribution in [3.63, 3.8) is 0 Å². The van der Waals surface area contributed by atoms with Crippen LogP contribution in [0.4, 0.5) is 0 Å². The molecule has 1 aromatic heterocycles. The third kappa shape index (κ3) is 4.32. The van der Waals surface area contributed by atoms with Crippen molar-refractivity contribution in [1.29, 1.82) is 0 Å². The number of nitrogens with one attached hydrogen (secondary N) is 1. The van der Waals surface area contributed by atoms with Crippen LogP contribution in [0.5, 0.6) is 5.75 Å². The number of rotatable bonds is 6. The summed E-state index contributed by atoms with van der Waals surface area (Å²) in [5.41, 5.74) is -0.634. The molecule has 0 aliphatic heterocycles. The Balaban J connectivity index is 1.55. The highest BCUT2D eigenvalue weighted by atomic mass is 35.5. The summed E-state index contributed by atoms with van der Waals surface area (Å²) in [7, 11) is 0. The summed E-state index contributed by atoms with van der Waals surface area (Å²) < 4.78 is 11.0. The van der Waals surface area contributed by atoms with Gasteiger partial charge in [-0.3, -0.25) is 4.79 Å². The van der Waals surface area contributed by atoms with Gasteiger partial charge in [-0.25, -0.2) is 0 Å². The Morgan fingerprint density at radius 3 is 2.68 bits per heavy atom. The summed E-state index contributed by atoms with van der Waals surface area (Å²) in [6.45, 7) is 1.44. The standard InChI is InChI=1S/C19H18ClNO4/c1-19(23,17-10-13-4-2-3-5-16(13)25-17)12-21-18(22)11-24-15-8-6-14(20)7-9-15/h2-10,23H,11-12H2,1H3,(H,21,22). The highest BCUT2D eigenvalue weighted by molar-refractivity contribution is 6.30. The van der Waals surface area contributed by atoms with E-state index in [9.17, 15) is 9.90 Å². The number of ether oxygens (including phenoxy) is 1. The van der Waals surface area contributed by atoms with Crippen LogP contribution < -0.4 is 10.1 Å². The van der Waals surface area contributed by atoms with E-state index >= 15 is 0 Å². The monoisotopic (exact) mass is 359 g/mol. The summed E-state index contributed by atoms with van der Waals surface area (Å²) >= 11 is 5.79. The van der Waals surface area contributed by atoms with Crippen molar-refractivity contribution in [3.05, 3.63) is 65.4 Å². The van der Waals surface area contributed by atoms with E-state index in [1.165, 1.54) is 0 Å². The Kier molecular flexibility index (Phi) is 4.97. The first-order valence-electron chi connectivity index (χ1n) is 7.80. The average molecular weight is 360 g/mol. The van der Waals surface area contributed by atoms with Gasteiger partial charge in [0, 0.05) is 10.4 Å². The Labute approximate surface area is 150 Å². The zero-order valence-electron chi connectivity index (χ0n) is 13.7. The lowest BCUT2D eigenvalue weighted by atomic mass is 10.0. The molecule has 0 spiro atoms. The highest BCUT2D eigenvalue weighted by Crippen LogP contribution is 2.27. The van der Waals surface area contributed by atoms with Crippen molar-refractivity contribution in [3.8, 4) is 5.75 Å². The minimum atomic E-state index is -1.32. The number of amides is 1. The maximum atomic E-state index is 11.9. The second-order valence-corrected chi connectivity index (χ2v) is 6.38. The number of hydrogen-bond acceptors (Lipinski definition) is 4. The van der Waals surface area contributed by atoms with Gasteiger partial charge in [-0.1, -0.05) is 29.8 Å².